The maximum atomic E-state index is 10.7. The summed E-state index contributed by atoms with van der Waals surface area (Å²) >= 11 is 1.23. The van der Waals surface area contributed by atoms with Crippen LogP contribution in [0.1, 0.15) is 26.2 Å². The minimum absolute atomic E-state index is 0.0147. The van der Waals surface area contributed by atoms with Gasteiger partial charge in [0, 0.05) is 12.4 Å². The van der Waals surface area contributed by atoms with Gasteiger partial charge in [-0.3, -0.25) is 0 Å². The molecule has 0 saturated carbocycles. The Balaban J connectivity index is 1.91. The van der Waals surface area contributed by atoms with Crippen molar-refractivity contribution in [2.45, 2.75) is 32.3 Å². The van der Waals surface area contributed by atoms with E-state index in [0.29, 0.717) is 6.61 Å². The summed E-state index contributed by atoms with van der Waals surface area (Å²) in [7, 11) is 0. The number of carbonyl (C=O) groups excluding carboxylic acids is 1. The molecule has 0 aromatic rings. The lowest BCUT2D eigenvalue weighted by atomic mass is 10.3. The molecular weight excluding hydrogens is 188 g/mol. The van der Waals surface area contributed by atoms with Crippen molar-refractivity contribution in [2.24, 2.45) is 0 Å². The summed E-state index contributed by atoms with van der Waals surface area (Å²) in [6.07, 6.45) is 3.50. The van der Waals surface area contributed by atoms with Gasteiger partial charge in [-0.2, -0.15) is 0 Å². The molecule has 0 aromatic heterocycles. The maximum absolute atomic E-state index is 10.7. The van der Waals surface area contributed by atoms with Gasteiger partial charge in [0.15, 0.2) is 0 Å². The van der Waals surface area contributed by atoms with Gasteiger partial charge in [-0.25, -0.2) is 4.79 Å². The van der Waals surface area contributed by atoms with Gasteiger partial charge in [-0.15, -0.1) is 0 Å². The van der Waals surface area contributed by atoms with E-state index < -0.39 is 0 Å². The molecule has 1 aliphatic rings. The molecule has 0 spiro atoms. The summed E-state index contributed by atoms with van der Waals surface area (Å²) in [6.45, 7) is 3.50. The van der Waals surface area contributed by atoms with Crippen LogP contribution in [0.5, 0.6) is 0 Å². The number of hydrogen-bond donors (Lipinski definition) is 0. The standard InChI is InChI=1S/C9H16O3S/c1-2-3-4-5-11-6-8-7-13-9(10)12-8/h8H,2-7H2,1H3. The van der Waals surface area contributed by atoms with Gasteiger partial charge >= 0.3 is 5.30 Å². The molecule has 0 bridgehead atoms. The van der Waals surface area contributed by atoms with Crippen LogP contribution in [-0.2, 0) is 9.47 Å². The molecule has 1 unspecified atom stereocenters. The van der Waals surface area contributed by atoms with Crippen LogP contribution in [0.4, 0.5) is 4.79 Å². The molecule has 1 heterocycles. The van der Waals surface area contributed by atoms with E-state index >= 15 is 0 Å². The molecule has 0 aromatic carbocycles. The SMILES string of the molecule is CCCCCOCC1CSC(=O)O1. The second-order valence-electron chi connectivity index (χ2n) is 3.08. The van der Waals surface area contributed by atoms with E-state index in [-0.39, 0.29) is 11.4 Å². The fraction of sp³-hybridized carbons (Fsp3) is 0.889. The molecule has 4 heteroatoms. The molecule has 13 heavy (non-hydrogen) atoms. The number of rotatable bonds is 6. The summed E-state index contributed by atoms with van der Waals surface area (Å²) in [5, 5.41) is -0.165. The first kappa shape index (κ1) is 10.9. The molecule has 1 fully saturated rings. The van der Waals surface area contributed by atoms with Crippen molar-refractivity contribution in [1.29, 1.82) is 0 Å². The van der Waals surface area contributed by atoms with Crippen molar-refractivity contribution in [1.82, 2.24) is 0 Å². The predicted molar refractivity (Wildman–Crippen MR) is 53.1 cm³/mol. The van der Waals surface area contributed by atoms with Gasteiger partial charge in [0.1, 0.15) is 6.10 Å². The summed E-state index contributed by atoms with van der Waals surface area (Å²) in [5.41, 5.74) is 0. The molecule has 1 atom stereocenters. The predicted octanol–water partition coefficient (Wildman–Crippen LogP) is 2.45. The van der Waals surface area contributed by atoms with Gasteiger partial charge in [0.05, 0.1) is 6.61 Å². The molecule has 1 aliphatic heterocycles. The van der Waals surface area contributed by atoms with Crippen LogP contribution in [0.25, 0.3) is 0 Å². The van der Waals surface area contributed by atoms with Crippen LogP contribution >= 0.6 is 11.8 Å². The average Bonchev–Trinajstić information content (AvgIpc) is 2.51. The fourth-order valence-corrected chi connectivity index (χ4v) is 1.81. The van der Waals surface area contributed by atoms with Gasteiger partial charge in [-0.1, -0.05) is 19.8 Å². The second kappa shape index (κ2) is 6.27. The molecular formula is C9H16O3S. The third-order valence-electron chi connectivity index (χ3n) is 1.85. The van der Waals surface area contributed by atoms with Crippen LogP contribution in [0.3, 0.4) is 0 Å². The van der Waals surface area contributed by atoms with Crippen molar-refractivity contribution in [3.8, 4) is 0 Å². The number of hydrogen-bond acceptors (Lipinski definition) is 4. The van der Waals surface area contributed by atoms with Crippen molar-refractivity contribution >= 4 is 17.1 Å². The van der Waals surface area contributed by atoms with Crippen LogP contribution in [0, 0.1) is 0 Å². The lowest BCUT2D eigenvalue weighted by Crippen LogP contribution is -2.17. The van der Waals surface area contributed by atoms with Crippen LogP contribution in [-0.4, -0.2) is 30.4 Å². The molecule has 76 valence electrons. The highest BCUT2D eigenvalue weighted by atomic mass is 32.2. The Morgan fingerprint density at radius 3 is 3.08 bits per heavy atom. The summed E-state index contributed by atoms with van der Waals surface area (Å²) in [6, 6.07) is 0. The Morgan fingerprint density at radius 1 is 1.62 bits per heavy atom. The van der Waals surface area contributed by atoms with E-state index in [2.05, 4.69) is 6.92 Å². The van der Waals surface area contributed by atoms with Crippen LogP contribution in [0.15, 0.2) is 0 Å². The zero-order valence-electron chi connectivity index (χ0n) is 7.95. The number of ether oxygens (including phenoxy) is 2. The summed E-state index contributed by atoms with van der Waals surface area (Å²) < 4.78 is 10.3. The number of thioether (sulfide) groups is 1. The zero-order valence-corrected chi connectivity index (χ0v) is 8.77. The van der Waals surface area contributed by atoms with Crippen LogP contribution in [0.2, 0.25) is 0 Å². The largest absolute Gasteiger partial charge is 0.451 e. The fourth-order valence-electron chi connectivity index (χ4n) is 1.12. The number of cyclic esters (lactones) is 1. The Labute approximate surface area is 83.2 Å². The summed E-state index contributed by atoms with van der Waals surface area (Å²) in [4.78, 5) is 10.7. The van der Waals surface area contributed by atoms with E-state index in [1.165, 1.54) is 24.6 Å². The van der Waals surface area contributed by atoms with E-state index in [4.69, 9.17) is 9.47 Å². The number of unbranched alkanes of at least 4 members (excludes halogenated alkanes) is 2. The summed E-state index contributed by atoms with van der Waals surface area (Å²) in [5.74, 6) is 0.743. The molecule has 3 nitrogen and oxygen atoms in total. The minimum Gasteiger partial charge on any atom is -0.451 e. The highest BCUT2D eigenvalue weighted by Gasteiger charge is 2.23. The quantitative estimate of drug-likeness (QED) is 0.492. The molecule has 0 aliphatic carbocycles. The Morgan fingerprint density at radius 2 is 2.46 bits per heavy atom. The highest BCUT2D eigenvalue weighted by Crippen LogP contribution is 2.19. The highest BCUT2D eigenvalue weighted by molar-refractivity contribution is 8.13. The first-order valence-corrected chi connectivity index (χ1v) is 5.72. The molecule has 1 saturated heterocycles. The Kier molecular flexibility index (Phi) is 5.23. The maximum Gasteiger partial charge on any atom is 0.367 e. The lowest BCUT2D eigenvalue weighted by molar-refractivity contribution is 0.0445. The van der Waals surface area contributed by atoms with Crippen molar-refractivity contribution in [2.75, 3.05) is 19.0 Å². The third kappa shape index (κ3) is 4.52. The Hall–Kier alpha value is -0.220. The monoisotopic (exact) mass is 204 g/mol. The topological polar surface area (TPSA) is 35.5 Å². The number of carbonyl (C=O) groups is 1. The van der Waals surface area contributed by atoms with Gasteiger partial charge in [-0.05, 0) is 18.2 Å². The molecule has 1 rings (SSSR count). The molecule has 0 radical (unpaired) electrons. The molecule has 0 amide bonds. The lowest BCUT2D eigenvalue weighted by Gasteiger charge is -2.08. The van der Waals surface area contributed by atoms with E-state index in [9.17, 15) is 4.79 Å². The average molecular weight is 204 g/mol. The van der Waals surface area contributed by atoms with Gasteiger partial charge < -0.3 is 9.47 Å². The van der Waals surface area contributed by atoms with Gasteiger partial charge in [0.25, 0.3) is 0 Å². The zero-order chi connectivity index (χ0) is 9.52. The normalized spacial score (nSPS) is 21.9. The molecule has 0 N–H and O–H groups in total. The Bertz CT molecular complexity index is 161. The first-order chi connectivity index (χ1) is 6.33. The van der Waals surface area contributed by atoms with E-state index in [0.717, 1.165) is 18.8 Å². The van der Waals surface area contributed by atoms with Crippen molar-refractivity contribution in [3.63, 3.8) is 0 Å². The van der Waals surface area contributed by atoms with E-state index in [1.54, 1.807) is 0 Å². The smallest absolute Gasteiger partial charge is 0.367 e. The second-order valence-corrected chi connectivity index (χ2v) is 4.04. The van der Waals surface area contributed by atoms with Gasteiger partial charge in [0.2, 0.25) is 0 Å². The van der Waals surface area contributed by atoms with Crippen molar-refractivity contribution in [3.05, 3.63) is 0 Å². The van der Waals surface area contributed by atoms with Crippen LogP contribution < -0.4 is 0 Å². The van der Waals surface area contributed by atoms with Crippen molar-refractivity contribution < 1.29 is 14.3 Å². The minimum atomic E-state index is -0.165. The third-order valence-corrected chi connectivity index (χ3v) is 2.72. The van der Waals surface area contributed by atoms with E-state index in [1.807, 2.05) is 0 Å². The first-order valence-electron chi connectivity index (χ1n) is 4.74.